The molecule has 10 nitrogen and oxygen atoms in total. The molecule has 112 valence electrons. The van der Waals surface area contributed by atoms with Gasteiger partial charge in [0.1, 0.15) is 17.7 Å². The molecule has 0 aliphatic heterocycles. The summed E-state index contributed by atoms with van der Waals surface area (Å²) in [6.45, 7) is -0.719. The Kier molecular flexibility index (Phi) is 4.43. The summed E-state index contributed by atoms with van der Waals surface area (Å²) in [5.74, 6) is -6.31. The Morgan fingerprint density at radius 1 is 1.05 bits per heavy atom. The van der Waals surface area contributed by atoms with Gasteiger partial charge in [-0.1, -0.05) is 0 Å². The van der Waals surface area contributed by atoms with Gasteiger partial charge in [0, 0.05) is 13.2 Å². The third-order valence-corrected chi connectivity index (χ3v) is 2.45. The van der Waals surface area contributed by atoms with Gasteiger partial charge >= 0.3 is 23.9 Å². The van der Waals surface area contributed by atoms with E-state index in [0.29, 0.717) is 6.20 Å². The Hall–Kier alpha value is -3.17. The number of aliphatic carboxylic acids is 1. The van der Waals surface area contributed by atoms with Crippen LogP contribution in [0.25, 0.3) is 0 Å². The largest absolute Gasteiger partial charge is 0.480 e. The summed E-state index contributed by atoms with van der Waals surface area (Å²) in [6, 6.07) is 0. The Morgan fingerprint density at radius 2 is 1.62 bits per heavy atom. The van der Waals surface area contributed by atoms with Crippen LogP contribution in [-0.4, -0.2) is 62.9 Å². The van der Waals surface area contributed by atoms with Gasteiger partial charge in [0.25, 0.3) is 0 Å². The monoisotopic (exact) mass is 298 g/mol. The predicted octanol–water partition coefficient (Wildman–Crippen LogP) is -0.303. The number of anilines is 1. The second-order valence-electron chi connectivity index (χ2n) is 3.91. The first-order valence-corrected chi connectivity index (χ1v) is 5.32. The van der Waals surface area contributed by atoms with Gasteiger partial charge in [0.2, 0.25) is 0 Å². The number of carboxylic acid groups (broad SMARTS) is 4. The highest BCUT2D eigenvalue weighted by Gasteiger charge is 2.29. The maximum absolute atomic E-state index is 11.2. The molecule has 0 bridgehead atoms. The number of aromatic nitrogens is 1. The van der Waals surface area contributed by atoms with Crippen LogP contribution in [0, 0.1) is 0 Å². The van der Waals surface area contributed by atoms with Crippen molar-refractivity contribution in [1.82, 2.24) is 4.98 Å². The normalized spacial score (nSPS) is 9.95. The number of hydrogen-bond acceptors (Lipinski definition) is 6. The van der Waals surface area contributed by atoms with Crippen LogP contribution < -0.4 is 4.90 Å². The lowest BCUT2D eigenvalue weighted by Crippen LogP contribution is -2.30. The second-order valence-corrected chi connectivity index (χ2v) is 3.91. The molecule has 0 atom stereocenters. The van der Waals surface area contributed by atoms with Crippen molar-refractivity contribution in [3.63, 3.8) is 0 Å². The van der Waals surface area contributed by atoms with Crippen LogP contribution in [0.3, 0.4) is 0 Å². The standard InChI is InChI=1S/C11H10N2O8/c1-13(3-5(14)15)8-4(9(16)17)2-12-7(11(20)21)6(8)10(18)19/h2H,3H2,1H3,(H,14,15)(H,16,17)(H,18,19)(H,20,21). The number of aromatic carboxylic acids is 3. The average molecular weight is 298 g/mol. The van der Waals surface area contributed by atoms with Crippen molar-refractivity contribution in [2.45, 2.75) is 0 Å². The number of nitrogens with zero attached hydrogens (tertiary/aromatic N) is 2. The third-order valence-electron chi connectivity index (χ3n) is 2.45. The Bertz CT molecular complexity index is 639. The molecule has 4 N–H and O–H groups in total. The van der Waals surface area contributed by atoms with Gasteiger partial charge < -0.3 is 25.3 Å². The van der Waals surface area contributed by atoms with Gasteiger partial charge in [-0.2, -0.15) is 0 Å². The molecule has 0 fully saturated rings. The van der Waals surface area contributed by atoms with Crippen LogP contribution >= 0.6 is 0 Å². The van der Waals surface area contributed by atoms with Crippen molar-refractivity contribution in [2.75, 3.05) is 18.5 Å². The van der Waals surface area contributed by atoms with Crippen LogP contribution in [0.5, 0.6) is 0 Å². The molecule has 0 aliphatic rings. The lowest BCUT2D eigenvalue weighted by atomic mass is 10.1. The minimum absolute atomic E-state index is 0.537. The summed E-state index contributed by atoms with van der Waals surface area (Å²) in [5, 5.41) is 35.8. The number of pyridine rings is 1. The van der Waals surface area contributed by atoms with Gasteiger partial charge in [-0.25, -0.2) is 19.4 Å². The van der Waals surface area contributed by atoms with E-state index in [4.69, 9.17) is 20.4 Å². The lowest BCUT2D eigenvalue weighted by molar-refractivity contribution is -0.135. The van der Waals surface area contributed by atoms with Crippen molar-refractivity contribution < 1.29 is 39.6 Å². The Balaban J connectivity index is 3.71. The summed E-state index contributed by atoms with van der Waals surface area (Å²) in [6.07, 6.45) is 0.673. The number of hydrogen-bond donors (Lipinski definition) is 4. The highest BCUT2D eigenvalue weighted by atomic mass is 16.4. The van der Waals surface area contributed by atoms with Gasteiger partial charge in [-0.15, -0.1) is 0 Å². The smallest absolute Gasteiger partial charge is 0.355 e. The maximum Gasteiger partial charge on any atom is 0.355 e. The van der Waals surface area contributed by atoms with Crippen LogP contribution in [0.15, 0.2) is 6.20 Å². The molecule has 0 aromatic carbocycles. The SMILES string of the molecule is CN(CC(=O)O)c1c(C(=O)O)cnc(C(=O)O)c1C(=O)O. The van der Waals surface area contributed by atoms with Gasteiger partial charge in [0.05, 0.1) is 5.69 Å². The van der Waals surface area contributed by atoms with Crippen molar-refractivity contribution in [3.05, 3.63) is 23.0 Å². The predicted molar refractivity (Wildman–Crippen MR) is 66.0 cm³/mol. The molecule has 10 heteroatoms. The van der Waals surface area contributed by atoms with Crippen molar-refractivity contribution in [2.24, 2.45) is 0 Å². The topological polar surface area (TPSA) is 165 Å². The van der Waals surface area contributed by atoms with E-state index in [9.17, 15) is 19.2 Å². The molecular weight excluding hydrogens is 288 g/mol. The van der Waals surface area contributed by atoms with Gasteiger partial charge in [-0.3, -0.25) is 4.79 Å². The first-order chi connectivity index (χ1) is 9.66. The van der Waals surface area contributed by atoms with Crippen molar-refractivity contribution in [1.29, 1.82) is 0 Å². The Morgan fingerprint density at radius 3 is 2.00 bits per heavy atom. The first-order valence-electron chi connectivity index (χ1n) is 5.32. The molecule has 1 rings (SSSR count). The molecular formula is C11H10N2O8. The summed E-state index contributed by atoms with van der Waals surface area (Å²) < 4.78 is 0. The molecule has 0 aliphatic carbocycles. The van der Waals surface area contributed by atoms with E-state index in [1.807, 2.05) is 0 Å². The van der Waals surface area contributed by atoms with E-state index in [1.54, 1.807) is 0 Å². The Labute approximate surface area is 116 Å². The third kappa shape index (κ3) is 3.23. The fraction of sp³-hybridized carbons (Fsp3) is 0.182. The highest BCUT2D eigenvalue weighted by Crippen LogP contribution is 2.27. The van der Waals surface area contributed by atoms with E-state index >= 15 is 0 Å². The van der Waals surface area contributed by atoms with E-state index in [2.05, 4.69) is 4.98 Å². The van der Waals surface area contributed by atoms with E-state index in [0.717, 1.165) is 11.9 Å². The van der Waals surface area contributed by atoms with Gasteiger partial charge in [-0.05, 0) is 0 Å². The van der Waals surface area contributed by atoms with Crippen molar-refractivity contribution in [3.8, 4) is 0 Å². The van der Waals surface area contributed by atoms with Crippen LogP contribution in [0.1, 0.15) is 31.2 Å². The van der Waals surface area contributed by atoms with Crippen LogP contribution in [0.2, 0.25) is 0 Å². The molecule has 21 heavy (non-hydrogen) atoms. The minimum Gasteiger partial charge on any atom is -0.480 e. The molecule has 1 heterocycles. The number of likely N-dealkylation sites (N-methyl/N-ethyl adjacent to an activating group) is 1. The highest BCUT2D eigenvalue weighted by molar-refractivity contribution is 6.09. The molecule has 0 spiro atoms. The molecule has 0 saturated heterocycles. The fourth-order valence-electron chi connectivity index (χ4n) is 1.70. The lowest BCUT2D eigenvalue weighted by Gasteiger charge is -2.21. The quantitative estimate of drug-likeness (QED) is 0.547. The molecule has 1 aromatic heterocycles. The van der Waals surface area contributed by atoms with Crippen LogP contribution in [-0.2, 0) is 4.79 Å². The molecule has 0 amide bonds. The zero-order valence-corrected chi connectivity index (χ0v) is 10.6. The molecule has 0 saturated carbocycles. The molecule has 0 radical (unpaired) electrons. The maximum atomic E-state index is 11.2. The average Bonchev–Trinajstić information content (AvgIpc) is 2.35. The number of rotatable bonds is 6. The summed E-state index contributed by atoms with van der Waals surface area (Å²) in [5.41, 5.74) is -2.91. The summed E-state index contributed by atoms with van der Waals surface area (Å²) in [4.78, 5) is 48.2. The summed E-state index contributed by atoms with van der Waals surface area (Å²) in [7, 11) is 1.13. The zero-order valence-electron chi connectivity index (χ0n) is 10.6. The van der Waals surface area contributed by atoms with Gasteiger partial charge in [0.15, 0.2) is 5.69 Å². The van der Waals surface area contributed by atoms with Crippen molar-refractivity contribution >= 4 is 29.6 Å². The molecule has 1 aromatic rings. The molecule has 0 unspecified atom stereocenters. The number of carbonyl (C=O) groups is 4. The van der Waals surface area contributed by atoms with E-state index in [-0.39, 0.29) is 0 Å². The van der Waals surface area contributed by atoms with E-state index < -0.39 is 52.9 Å². The summed E-state index contributed by atoms with van der Waals surface area (Å²) >= 11 is 0. The first kappa shape index (κ1) is 15.9. The minimum atomic E-state index is -1.73. The fourth-order valence-corrected chi connectivity index (χ4v) is 1.70. The zero-order chi connectivity index (χ0) is 16.3. The number of carboxylic acids is 4. The second kappa shape index (κ2) is 5.86. The van der Waals surface area contributed by atoms with Crippen LogP contribution in [0.4, 0.5) is 5.69 Å². The van der Waals surface area contributed by atoms with E-state index in [1.165, 1.54) is 0 Å².